The van der Waals surface area contributed by atoms with Gasteiger partial charge in [-0.15, -0.1) is 24.0 Å². The van der Waals surface area contributed by atoms with E-state index in [9.17, 15) is 4.79 Å². The second-order valence-electron chi connectivity index (χ2n) is 5.61. The molecule has 1 aromatic carbocycles. The number of halogens is 1. The van der Waals surface area contributed by atoms with Crippen molar-refractivity contribution in [3.63, 3.8) is 0 Å². The van der Waals surface area contributed by atoms with Gasteiger partial charge in [0.2, 0.25) is 0 Å². The first-order valence-electron chi connectivity index (χ1n) is 8.09. The Morgan fingerprint density at radius 1 is 1.40 bits per heavy atom. The molecule has 0 bridgehead atoms. The number of carbonyl (C=O) groups excluding carboxylic acids is 1. The number of piperidine rings is 1. The largest absolute Gasteiger partial charge is 0.450 e. The highest BCUT2D eigenvalue weighted by molar-refractivity contribution is 14.0. The van der Waals surface area contributed by atoms with Gasteiger partial charge in [0, 0.05) is 19.1 Å². The molecule has 0 aliphatic carbocycles. The molecule has 8 heteroatoms. The molecule has 136 valence electrons. The molecular weight excluding hydrogens is 433 g/mol. The third-order valence-electron chi connectivity index (χ3n) is 3.89. The number of nitrogens with one attached hydrogen (secondary N) is 1. The lowest BCUT2D eigenvalue weighted by Gasteiger charge is -2.31. The number of amides is 1. The number of nitrogens with zero attached hydrogens (tertiary/aromatic N) is 3. The summed E-state index contributed by atoms with van der Waals surface area (Å²) >= 11 is 0. The second kappa shape index (κ2) is 10.8. The van der Waals surface area contributed by atoms with E-state index in [2.05, 4.69) is 16.4 Å². The van der Waals surface area contributed by atoms with Crippen molar-refractivity contribution in [1.29, 1.82) is 5.26 Å². The lowest BCUT2D eigenvalue weighted by molar-refractivity contribution is 0.0963. The molecule has 1 amide bonds. The molecule has 0 aromatic heterocycles. The minimum atomic E-state index is -0.251. The van der Waals surface area contributed by atoms with Crippen molar-refractivity contribution < 1.29 is 9.53 Å². The summed E-state index contributed by atoms with van der Waals surface area (Å²) in [6.45, 7) is 3.97. The van der Waals surface area contributed by atoms with Gasteiger partial charge in [-0.05, 0) is 37.5 Å². The number of likely N-dealkylation sites (tertiary alicyclic amines) is 1. The van der Waals surface area contributed by atoms with Gasteiger partial charge in [0.15, 0.2) is 5.96 Å². The fraction of sp³-hybridized carbons (Fsp3) is 0.471. The average Bonchev–Trinajstić information content (AvgIpc) is 2.61. The molecule has 1 saturated heterocycles. The van der Waals surface area contributed by atoms with Crippen LogP contribution in [0.5, 0.6) is 0 Å². The van der Waals surface area contributed by atoms with Crippen molar-refractivity contribution in [2.75, 3.05) is 19.7 Å². The first kappa shape index (κ1) is 21.0. The number of ether oxygens (including phenoxy) is 1. The van der Waals surface area contributed by atoms with E-state index in [1.165, 1.54) is 0 Å². The Morgan fingerprint density at radius 3 is 2.60 bits per heavy atom. The molecule has 0 saturated carbocycles. The van der Waals surface area contributed by atoms with Crippen LogP contribution in [0, 0.1) is 11.3 Å². The summed E-state index contributed by atoms with van der Waals surface area (Å²) < 4.78 is 5.00. The number of rotatable bonds is 4. The van der Waals surface area contributed by atoms with E-state index in [4.69, 9.17) is 15.7 Å². The van der Waals surface area contributed by atoms with Crippen LogP contribution in [0.2, 0.25) is 0 Å². The molecule has 0 spiro atoms. The van der Waals surface area contributed by atoms with E-state index in [0.29, 0.717) is 37.8 Å². The molecule has 1 fully saturated rings. The zero-order valence-electron chi connectivity index (χ0n) is 14.3. The standard InChI is InChI=1S/C17H23N5O2.HI/c1-2-24-17(23)22-9-7-15(8-10-22)21-16(19)20-12-14-5-3-13(11-18)4-6-14;/h3-6,15H,2,7-10,12H2,1H3,(H3,19,20,21);1H. The van der Waals surface area contributed by atoms with E-state index in [1.54, 1.807) is 24.0 Å². The number of nitrogens with two attached hydrogens (primary N) is 1. The van der Waals surface area contributed by atoms with Crippen LogP contribution in [0.4, 0.5) is 4.79 Å². The van der Waals surface area contributed by atoms with Gasteiger partial charge < -0.3 is 20.7 Å². The fourth-order valence-electron chi connectivity index (χ4n) is 2.54. The molecule has 1 heterocycles. The maximum absolute atomic E-state index is 11.6. The Bertz CT molecular complexity index is 619. The maximum atomic E-state index is 11.6. The molecule has 1 aliphatic heterocycles. The third kappa shape index (κ3) is 6.78. The minimum Gasteiger partial charge on any atom is -0.450 e. The van der Waals surface area contributed by atoms with Crippen molar-refractivity contribution in [3.05, 3.63) is 35.4 Å². The quantitative estimate of drug-likeness (QED) is 0.410. The molecule has 1 aliphatic rings. The first-order chi connectivity index (χ1) is 11.6. The maximum Gasteiger partial charge on any atom is 0.409 e. The lowest BCUT2D eigenvalue weighted by Crippen LogP contribution is -2.48. The number of guanidine groups is 1. The second-order valence-corrected chi connectivity index (χ2v) is 5.61. The van der Waals surface area contributed by atoms with Gasteiger partial charge in [-0.1, -0.05) is 12.1 Å². The third-order valence-corrected chi connectivity index (χ3v) is 3.89. The van der Waals surface area contributed by atoms with Crippen LogP contribution in [0.1, 0.15) is 30.9 Å². The van der Waals surface area contributed by atoms with Crippen LogP contribution in [-0.2, 0) is 11.3 Å². The van der Waals surface area contributed by atoms with Crippen molar-refractivity contribution in [3.8, 4) is 6.07 Å². The van der Waals surface area contributed by atoms with Gasteiger partial charge in [0.1, 0.15) is 0 Å². The number of nitriles is 1. The predicted molar refractivity (Wildman–Crippen MR) is 107 cm³/mol. The van der Waals surface area contributed by atoms with Crippen molar-refractivity contribution in [2.45, 2.75) is 32.4 Å². The Kier molecular flexibility index (Phi) is 9.05. The van der Waals surface area contributed by atoms with Crippen LogP contribution < -0.4 is 11.1 Å². The van der Waals surface area contributed by atoms with Crippen LogP contribution in [-0.4, -0.2) is 42.7 Å². The van der Waals surface area contributed by atoms with Crippen molar-refractivity contribution >= 4 is 36.0 Å². The predicted octanol–water partition coefficient (Wildman–Crippen LogP) is 2.20. The normalized spacial score (nSPS) is 15.0. The van der Waals surface area contributed by atoms with Gasteiger partial charge in [-0.3, -0.25) is 0 Å². The summed E-state index contributed by atoms with van der Waals surface area (Å²) in [5, 5.41) is 12.0. The highest BCUT2D eigenvalue weighted by Gasteiger charge is 2.23. The summed E-state index contributed by atoms with van der Waals surface area (Å²) in [6.07, 6.45) is 1.37. The van der Waals surface area contributed by atoms with Crippen molar-refractivity contribution in [1.82, 2.24) is 10.2 Å². The molecule has 1 aromatic rings. The smallest absolute Gasteiger partial charge is 0.409 e. The number of aliphatic imine (C=N–C) groups is 1. The Balaban J connectivity index is 0.00000312. The molecule has 0 radical (unpaired) electrons. The summed E-state index contributed by atoms with van der Waals surface area (Å²) in [5.74, 6) is 0.397. The fourth-order valence-corrected chi connectivity index (χ4v) is 2.54. The Morgan fingerprint density at radius 2 is 2.04 bits per heavy atom. The topological polar surface area (TPSA) is 104 Å². The van der Waals surface area contributed by atoms with E-state index in [1.807, 2.05) is 12.1 Å². The summed E-state index contributed by atoms with van der Waals surface area (Å²) in [7, 11) is 0. The van der Waals surface area contributed by atoms with Gasteiger partial charge in [0.25, 0.3) is 0 Å². The van der Waals surface area contributed by atoms with Crippen molar-refractivity contribution in [2.24, 2.45) is 10.7 Å². The van der Waals surface area contributed by atoms with Crippen LogP contribution in [0.3, 0.4) is 0 Å². The highest BCUT2D eigenvalue weighted by atomic mass is 127. The number of hydrogen-bond acceptors (Lipinski definition) is 4. The molecule has 0 atom stereocenters. The van der Waals surface area contributed by atoms with Crippen LogP contribution in [0.25, 0.3) is 0 Å². The summed E-state index contributed by atoms with van der Waals surface area (Å²) in [6, 6.07) is 9.55. The minimum absolute atomic E-state index is 0. The molecule has 2 rings (SSSR count). The summed E-state index contributed by atoms with van der Waals surface area (Å²) in [4.78, 5) is 17.7. The zero-order valence-corrected chi connectivity index (χ0v) is 16.6. The van der Waals surface area contributed by atoms with Gasteiger partial charge in [-0.2, -0.15) is 5.26 Å². The number of carbonyl (C=O) groups is 1. The SMILES string of the molecule is CCOC(=O)N1CCC(NC(N)=NCc2ccc(C#N)cc2)CC1.I. The van der Waals surface area contributed by atoms with E-state index >= 15 is 0 Å². The average molecular weight is 457 g/mol. The van der Waals surface area contributed by atoms with Gasteiger partial charge in [0.05, 0.1) is 24.8 Å². The summed E-state index contributed by atoms with van der Waals surface area (Å²) in [5.41, 5.74) is 7.56. The van der Waals surface area contributed by atoms with Crippen LogP contribution >= 0.6 is 24.0 Å². The molecule has 25 heavy (non-hydrogen) atoms. The highest BCUT2D eigenvalue weighted by Crippen LogP contribution is 2.11. The van der Waals surface area contributed by atoms with Crippen LogP contribution in [0.15, 0.2) is 29.3 Å². The Labute approximate surface area is 165 Å². The molecule has 0 unspecified atom stereocenters. The van der Waals surface area contributed by atoms with Gasteiger partial charge in [-0.25, -0.2) is 9.79 Å². The van der Waals surface area contributed by atoms with E-state index in [-0.39, 0.29) is 36.1 Å². The van der Waals surface area contributed by atoms with Gasteiger partial charge >= 0.3 is 6.09 Å². The number of hydrogen-bond donors (Lipinski definition) is 2. The zero-order chi connectivity index (χ0) is 17.4. The molecule has 7 nitrogen and oxygen atoms in total. The lowest BCUT2D eigenvalue weighted by atomic mass is 10.1. The first-order valence-corrected chi connectivity index (χ1v) is 8.09. The van der Waals surface area contributed by atoms with E-state index in [0.717, 1.165) is 18.4 Å². The molecule has 3 N–H and O–H groups in total. The number of benzene rings is 1. The Hall–Kier alpha value is -2.02. The van der Waals surface area contributed by atoms with E-state index < -0.39 is 0 Å². The monoisotopic (exact) mass is 457 g/mol. The molecular formula is C17H24IN5O2.